The number of nitrogens with zero attached hydrogens (tertiary/aromatic N) is 3. The monoisotopic (exact) mass is 291 g/mol. The number of allylic oxidation sites excluding steroid dienone is 1. The molecular weight excluding hydrogens is 258 g/mol. The molecule has 3 rings (SSSR count). The van der Waals surface area contributed by atoms with E-state index in [1.165, 1.54) is 90.2 Å². The Balaban J connectivity index is 1.33. The minimum atomic E-state index is 0.944. The van der Waals surface area contributed by atoms with Crippen LogP contribution in [0.3, 0.4) is 0 Å². The molecule has 0 unspecified atom stereocenters. The Hall–Kier alpha value is -0.540. The Kier molecular flexibility index (Phi) is 5.23. The minimum absolute atomic E-state index is 0.944. The van der Waals surface area contributed by atoms with Gasteiger partial charge >= 0.3 is 0 Å². The Morgan fingerprint density at radius 1 is 0.810 bits per heavy atom. The van der Waals surface area contributed by atoms with Crippen LogP contribution in [0.25, 0.3) is 0 Å². The molecule has 0 aromatic carbocycles. The summed E-state index contributed by atoms with van der Waals surface area (Å²) in [6, 6.07) is 0. The summed E-state index contributed by atoms with van der Waals surface area (Å²) < 4.78 is 0. The predicted octanol–water partition coefficient (Wildman–Crippen LogP) is 2.65. The molecule has 0 amide bonds. The van der Waals surface area contributed by atoms with E-state index in [0.717, 1.165) is 11.8 Å². The Morgan fingerprint density at radius 2 is 1.33 bits per heavy atom. The van der Waals surface area contributed by atoms with Crippen LogP contribution >= 0.6 is 0 Å². The molecule has 120 valence electrons. The van der Waals surface area contributed by atoms with Gasteiger partial charge in [-0.1, -0.05) is 13.0 Å². The van der Waals surface area contributed by atoms with Crippen molar-refractivity contribution < 1.29 is 0 Å². The molecule has 3 fully saturated rings. The second-order valence-electron chi connectivity index (χ2n) is 7.56. The summed E-state index contributed by atoms with van der Waals surface area (Å²) in [5.41, 5.74) is 1.24. The van der Waals surface area contributed by atoms with E-state index in [2.05, 4.69) is 28.2 Å². The van der Waals surface area contributed by atoms with Crippen LogP contribution in [-0.4, -0.2) is 67.1 Å². The van der Waals surface area contributed by atoms with Crippen LogP contribution in [0.4, 0.5) is 0 Å². The third-order valence-electron chi connectivity index (χ3n) is 5.88. The molecule has 21 heavy (non-hydrogen) atoms. The van der Waals surface area contributed by atoms with Gasteiger partial charge in [0, 0.05) is 45.0 Å². The van der Waals surface area contributed by atoms with E-state index in [4.69, 9.17) is 0 Å². The zero-order valence-corrected chi connectivity index (χ0v) is 13.9. The molecule has 3 heteroatoms. The van der Waals surface area contributed by atoms with Crippen LogP contribution in [0.15, 0.2) is 12.3 Å². The van der Waals surface area contributed by atoms with Crippen molar-refractivity contribution in [2.24, 2.45) is 11.8 Å². The van der Waals surface area contributed by atoms with Gasteiger partial charge in [0.1, 0.15) is 0 Å². The SMILES string of the molecule is C=C(C)N1CCN(CC2CCN(CC3CCC3)CC2)CC1. The second-order valence-corrected chi connectivity index (χ2v) is 7.56. The van der Waals surface area contributed by atoms with Crippen LogP contribution in [0.5, 0.6) is 0 Å². The van der Waals surface area contributed by atoms with Crippen LogP contribution < -0.4 is 0 Å². The summed E-state index contributed by atoms with van der Waals surface area (Å²) in [6.07, 6.45) is 7.32. The Morgan fingerprint density at radius 3 is 1.81 bits per heavy atom. The zero-order chi connectivity index (χ0) is 14.7. The largest absolute Gasteiger partial charge is 0.373 e. The van der Waals surface area contributed by atoms with Crippen LogP contribution in [0.2, 0.25) is 0 Å². The summed E-state index contributed by atoms with van der Waals surface area (Å²) in [6.45, 7) is 16.4. The lowest BCUT2D eigenvalue weighted by Crippen LogP contribution is -2.48. The van der Waals surface area contributed by atoms with Crippen molar-refractivity contribution in [1.29, 1.82) is 0 Å². The maximum absolute atomic E-state index is 4.07. The number of piperazine rings is 1. The number of hydrogen-bond acceptors (Lipinski definition) is 3. The molecule has 1 saturated carbocycles. The van der Waals surface area contributed by atoms with E-state index in [1.54, 1.807) is 0 Å². The lowest BCUT2D eigenvalue weighted by atomic mass is 9.84. The van der Waals surface area contributed by atoms with Crippen LogP contribution in [-0.2, 0) is 0 Å². The third kappa shape index (κ3) is 4.23. The van der Waals surface area contributed by atoms with Crippen molar-refractivity contribution in [2.75, 3.05) is 52.4 Å². The fraction of sp³-hybridized carbons (Fsp3) is 0.889. The molecule has 0 radical (unpaired) electrons. The molecule has 0 spiro atoms. The van der Waals surface area contributed by atoms with E-state index in [-0.39, 0.29) is 0 Å². The molecule has 0 N–H and O–H groups in total. The number of rotatable bonds is 5. The average molecular weight is 291 g/mol. The topological polar surface area (TPSA) is 9.72 Å². The standard InChI is InChI=1S/C18H33N3/c1-16(2)21-12-10-20(11-13-21)15-18-6-8-19(9-7-18)14-17-4-3-5-17/h17-18H,1,3-15H2,2H3. The molecule has 2 heterocycles. The first-order valence-electron chi connectivity index (χ1n) is 9.06. The van der Waals surface area contributed by atoms with E-state index in [1.807, 2.05) is 0 Å². The van der Waals surface area contributed by atoms with Crippen molar-refractivity contribution in [3.8, 4) is 0 Å². The van der Waals surface area contributed by atoms with Gasteiger partial charge in [-0.3, -0.25) is 4.90 Å². The summed E-state index contributed by atoms with van der Waals surface area (Å²) >= 11 is 0. The molecule has 3 nitrogen and oxygen atoms in total. The van der Waals surface area contributed by atoms with Crippen molar-refractivity contribution >= 4 is 0 Å². The molecule has 1 aliphatic carbocycles. The van der Waals surface area contributed by atoms with Crippen LogP contribution in [0.1, 0.15) is 39.0 Å². The lowest BCUT2D eigenvalue weighted by molar-refractivity contribution is 0.0937. The minimum Gasteiger partial charge on any atom is -0.373 e. The van der Waals surface area contributed by atoms with E-state index in [0.29, 0.717) is 0 Å². The zero-order valence-electron chi connectivity index (χ0n) is 13.9. The van der Waals surface area contributed by atoms with Gasteiger partial charge in [0.05, 0.1) is 0 Å². The van der Waals surface area contributed by atoms with Gasteiger partial charge in [-0.25, -0.2) is 0 Å². The fourth-order valence-corrected chi connectivity index (χ4v) is 4.07. The summed E-state index contributed by atoms with van der Waals surface area (Å²) in [5.74, 6) is 1.98. The van der Waals surface area contributed by atoms with Gasteiger partial charge in [0.15, 0.2) is 0 Å². The highest BCUT2D eigenvalue weighted by molar-refractivity contribution is 4.91. The van der Waals surface area contributed by atoms with Gasteiger partial charge in [-0.2, -0.15) is 0 Å². The van der Waals surface area contributed by atoms with Gasteiger partial charge in [-0.15, -0.1) is 0 Å². The Bertz CT molecular complexity index is 334. The van der Waals surface area contributed by atoms with Crippen LogP contribution in [0, 0.1) is 11.8 Å². The van der Waals surface area contributed by atoms with Gasteiger partial charge in [0.2, 0.25) is 0 Å². The molecule has 2 saturated heterocycles. The molecule has 0 atom stereocenters. The maximum atomic E-state index is 4.07. The highest BCUT2D eigenvalue weighted by Crippen LogP contribution is 2.29. The van der Waals surface area contributed by atoms with Crippen molar-refractivity contribution in [2.45, 2.75) is 39.0 Å². The van der Waals surface area contributed by atoms with Crippen molar-refractivity contribution in [3.05, 3.63) is 12.3 Å². The van der Waals surface area contributed by atoms with Gasteiger partial charge in [0.25, 0.3) is 0 Å². The summed E-state index contributed by atoms with van der Waals surface area (Å²) in [5, 5.41) is 0. The van der Waals surface area contributed by atoms with Gasteiger partial charge < -0.3 is 9.80 Å². The third-order valence-corrected chi connectivity index (χ3v) is 5.88. The quantitative estimate of drug-likeness (QED) is 0.771. The van der Waals surface area contributed by atoms with Gasteiger partial charge in [-0.05, 0) is 57.5 Å². The first-order valence-corrected chi connectivity index (χ1v) is 9.06. The van der Waals surface area contributed by atoms with E-state index < -0.39 is 0 Å². The fourth-order valence-electron chi connectivity index (χ4n) is 4.07. The Labute approximate surface area is 131 Å². The number of likely N-dealkylation sites (tertiary alicyclic amines) is 1. The molecule has 0 bridgehead atoms. The number of piperidine rings is 1. The number of hydrogen-bond donors (Lipinski definition) is 0. The lowest BCUT2D eigenvalue weighted by Gasteiger charge is -2.40. The van der Waals surface area contributed by atoms with Crippen molar-refractivity contribution in [1.82, 2.24) is 14.7 Å². The van der Waals surface area contributed by atoms with E-state index >= 15 is 0 Å². The molecule has 0 aromatic rings. The molecule has 3 aliphatic rings. The van der Waals surface area contributed by atoms with E-state index in [9.17, 15) is 0 Å². The molecule has 2 aliphatic heterocycles. The maximum Gasteiger partial charge on any atom is 0.0303 e. The smallest absolute Gasteiger partial charge is 0.0303 e. The van der Waals surface area contributed by atoms with Crippen molar-refractivity contribution in [3.63, 3.8) is 0 Å². The highest BCUT2D eigenvalue weighted by atomic mass is 15.3. The predicted molar refractivity (Wildman–Crippen MR) is 89.3 cm³/mol. The first-order chi connectivity index (χ1) is 10.2. The second kappa shape index (κ2) is 7.15. The average Bonchev–Trinajstić information content (AvgIpc) is 2.45. The molecule has 0 aromatic heterocycles. The normalized spacial score (nSPS) is 26.8. The highest BCUT2D eigenvalue weighted by Gasteiger charge is 2.26. The summed E-state index contributed by atoms with van der Waals surface area (Å²) in [4.78, 5) is 7.85. The molecular formula is C18H33N3. The first kappa shape index (κ1) is 15.4. The summed E-state index contributed by atoms with van der Waals surface area (Å²) in [7, 11) is 0.